The Morgan fingerprint density at radius 2 is 0.691 bits per heavy atom. The molecule has 0 bridgehead atoms. The summed E-state index contributed by atoms with van der Waals surface area (Å²) >= 11 is 0. The van der Waals surface area contributed by atoms with E-state index < -0.39 is 124 Å². The summed E-state index contributed by atoms with van der Waals surface area (Å²) < 4.78 is 34.4. The summed E-state index contributed by atoms with van der Waals surface area (Å²) in [4.78, 5) is 13.5. The Labute approximate surface area is 585 Å². The van der Waals surface area contributed by atoms with E-state index in [9.17, 15) is 61.0 Å². The summed E-state index contributed by atoms with van der Waals surface area (Å²) in [5, 5.41) is 121. The number of nitrogens with one attached hydrogen (secondary N) is 1. The van der Waals surface area contributed by atoms with Crippen LogP contribution in [0.3, 0.4) is 0 Å². The molecule has 97 heavy (non-hydrogen) atoms. The minimum Gasteiger partial charge on any atom is -0.394 e. The van der Waals surface area contributed by atoms with E-state index in [1.54, 1.807) is 6.08 Å². The maximum Gasteiger partial charge on any atom is 0.220 e. The molecule has 17 unspecified atom stereocenters. The molecule has 17 atom stereocenters. The molecule has 3 fully saturated rings. The van der Waals surface area contributed by atoms with Gasteiger partial charge in [0.1, 0.15) is 73.2 Å². The number of hydrogen-bond acceptors (Lipinski definition) is 18. The predicted molar refractivity (Wildman–Crippen MR) is 383 cm³/mol. The standard InChI is InChI=1S/C78H139NO18/c1-3-5-7-9-11-13-15-17-19-21-23-25-27-28-29-30-31-32-34-36-38-40-42-44-46-48-50-52-54-56-66(84)79-61(62(83)55-53-51-49-47-45-43-41-39-37-35-33-26-24-22-20-18-16-14-12-10-8-6-4-2)60-92-76-72(90)69(87)74(64(58-81)94-76)97-78-73(91)70(88)75(65(59-82)95-78)96-77-71(89)68(86)67(85)63(57-80)93-77/h15,17,21,23,27-28,37,39,45,47,53,55,61-65,67-78,80-83,85-91H,3-14,16,18-20,22,24-26,29-36,38,40-44,46,48-52,54,56-60H2,1-2H3,(H,79,84)/b17-15-,23-21-,28-27-,39-37+,47-45+,55-53+. The van der Waals surface area contributed by atoms with Crippen LogP contribution in [0.4, 0.5) is 0 Å². The maximum absolute atomic E-state index is 13.5. The smallest absolute Gasteiger partial charge is 0.220 e. The molecular formula is C78H139NO18. The lowest BCUT2D eigenvalue weighted by Crippen LogP contribution is -2.66. The van der Waals surface area contributed by atoms with E-state index in [2.05, 4.69) is 79.9 Å². The average Bonchev–Trinajstić information content (AvgIpc) is 0.789. The molecule has 0 spiro atoms. The SMILES string of the molecule is CCCCCCC/C=C\C/C=C\C/C=C\CCCCCCCCCCCCCCCCC(=O)NC(COC1OC(CO)C(OC2OC(CO)C(OC3OC(CO)C(O)C(O)C3O)C(O)C2O)C(O)C1O)C(O)/C=C/CC/C=C/CC/C=C/CCCCCCCCCCCCCCC. The number of carbonyl (C=O) groups excluding carboxylic acids is 1. The first-order chi connectivity index (χ1) is 47.3. The van der Waals surface area contributed by atoms with Gasteiger partial charge in [-0.05, 0) is 83.5 Å². The van der Waals surface area contributed by atoms with Crippen molar-refractivity contribution in [2.24, 2.45) is 0 Å². The Balaban J connectivity index is 1.41. The fraction of sp³-hybridized carbons (Fsp3) is 0.833. The summed E-state index contributed by atoms with van der Waals surface area (Å²) in [5.41, 5.74) is 0. The van der Waals surface area contributed by atoms with Crippen LogP contribution in [0.1, 0.15) is 284 Å². The molecule has 19 heteroatoms. The Bertz CT molecular complexity index is 2040. The second kappa shape index (κ2) is 58.7. The largest absolute Gasteiger partial charge is 0.394 e. The van der Waals surface area contributed by atoms with E-state index in [4.69, 9.17) is 28.4 Å². The Morgan fingerprint density at radius 1 is 0.371 bits per heavy atom. The van der Waals surface area contributed by atoms with E-state index in [1.807, 2.05) is 6.08 Å². The van der Waals surface area contributed by atoms with E-state index >= 15 is 0 Å². The maximum atomic E-state index is 13.5. The van der Waals surface area contributed by atoms with Crippen molar-refractivity contribution in [1.29, 1.82) is 0 Å². The van der Waals surface area contributed by atoms with Gasteiger partial charge in [-0.1, -0.05) is 267 Å². The lowest BCUT2D eigenvalue weighted by molar-refractivity contribution is -0.379. The highest BCUT2D eigenvalue weighted by Gasteiger charge is 2.53. The van der Waals surface area contributed by atoms with Crippen molar-refractivity contribution in [2.45, 2.75) is 388 Å². The van der Waals surface area contributed by atoms with Crippen LogP contribution in [-0.2, 0) is 33.2 Å². The third kappa shape index (κ3) is 39.5. The molecule has 19 nitrogen and oxygen atoms in total. The quantitative estimate of drug-likeness (QED) is 0.0199. The van der Waals surface area contributed by atoms with Crippen LogP contribution >= 0.6 is 0 Å². The molecule has 0 aromatic rings. The van der Waals surface area contributed by atoms with Crippen LogP contribution in [-0.4, -0.2) is 193 Å². The molecule has 3 rings (SSSR count). The molecule has 3 saturated heterocycles. The highest BCUT2D eigenvalue weighted by molar-refractivity contribution is 5.76. The first kappa shape index (κ1) is 88.4. The molecule has 0 aliphatic carbocycles. The molecule has 0 aromatic carbocycles. The number of rotatable bonds is 60. The van der Waals surface area contributed by atoms with Crippen LogP contribution in [0.15, 0.2) is 72.9 Å². The summed E-state index contributed by atoms with van der Waals surface area (Å²) in [6.45, 7) is 1.72. The van der Waals surface area contributed by atoms with Crippen LogP contribution in [0.5, 0.6) is 0 Å². The highest BCUT2D eigenvalue weighted by atomic mass is 16.8. The monoisotopic (exact) mass is 1380 g/mol. The van der Waals surface area contributed by atoms with Crippen molar-refractivity contribution in [2.75, 3.05) is 26.4 Å². The zero-order valence-corrected chi connectivity index (χ0v) is 60.0. The van der Waals surface area contributed by atoms with Crippen molar-refractivity contribution in [1.82, 2.24) is 5.32 Å². The minimum absolute atomic E-state index is 0.229. The summed E-state index contributed by atoms with van der Waals surface area (Å²) in [6.07, 6.45) is 48.8. The van der Waals surface area contributed by atoms with Gasteiger partial charge in [-0.2, -0.15) is 0 Å². The highest BCUT2D eigenvalue weighted by Crippen LogP contribution is 2.33. The molecule has 12 N–H and O–H groups in total. The Morgan fingerprint density at radius 3 is 1.10 bits per heavy atom. The zero-order valence-electron chi connectivity index (χ0n) is 60.0. The number of aliphatic hydroxyl groups excluding tert-OH is 11. The van der Waals surface area contributed by atoms with E-state index in [0.29, 0.717) is 12.8 Å². The number of aliphatic hydroxyl groups is 11. The van der Waals surface area contributed by atoms with Gasteiger partial charge >= 0.3 is 0 Å². The van der Waals surface area contributed by atoms with Gasteiger partial charge in [-0.15, -0.1) is 0 Å². The number of carbonyl (C=O) groups is 1. The number of ether oxygens (including phenoxy) is 6. The molecule has 3 aliphatic heterocycles. The Hall–Kier alpha value is -2.77. The third-order valence-electron chi connectivity index (χ3n) is 19.0. The number of hydrogen-bond donors (Lipinski definition) is 12. The van der Waals surface area contributed by atoms with Gasteiger partial charge in [-0.3, -0.25) is 4.79 Å². The first-order valence-corrected chi connectivity index (χ1v) is 38.7. The molecule has 0 radical (unpaired) electrons. The van der Waals surface area contributed by atoms with Crippen LogP contribution in [0.25, 0.3) is 0 Å². The van der Waals surface area contributed by atoms with Crippen LogP contribution < -0.4 is 5.32 Å². The van der Waals surface area contributed by atoms with Crippen LogP contribution in [0, 0.1) is 0 Å². The average molecular weight is 1380 g/mol. The van der Waals surface area contributed by atoms with Gasteiger partial charge in [0.15, 0.2) is 18.9 Å². The lowest BCUT2D eigenvalue weighted by atomic mass is 9.96. The fourth-order valence-electron chi connectivity index (χ4n) is 12.7. The summed E-state index contributed by atoms with van der Waals surface area (Å²) in [7, 11) is 0. The van der Waals surface area contributed by atoms with Crippen molar-refractivity contribution >= 4 is 5.91 Å². The second-order valence-corrected chi connectivity index (χ2v) is 27.4. The third-order valence-corrected chi connectivity index (χ3v) is 19.0. The number of unbranched alkanes of at least 4 members (excludes halogenated alkanes) is 34. The van der Waals surface area contributed by atoms with E-state index in [1.165, 1.54) is 193 Å². The van der Waals surface area contributed by atoms with Crippen LogP contribution in [0.2, 0.25) is 0 Å². The second-order valence-electron chi connectivity index (χ2n) is 27.4. The van der Waals surface area contributed by atoms with Crippen molar-refractivity contribution < 1.29 is 89.4 Å². The van der Waals surface area contributed by atoms with Gasteiger partial charge in [0.2, 0.25) is 5.91 Å². The number of amides is 1. The van der Waals surface area contributed by atoms with E-state index in [0.717, 1.165) is 57.8 Å². The molecule has 3 heterocycles. The fourth-order valence-corrected chi connectivity index (χ4v) is 12.7. The summed E-state index contributed by atoms with van der Waals surface area (Å²) in [5.74, 6) is -0.290. The van der Waals surface area contributed by atoms with Gasteiger partial charge in [0.05, 0.1) is 38.6 Å². The molecule has 3 aliphatic rings. The topological polar surface area (TPSA) is 307 Å². The van der Waals surface area contributed by atoms with Crippen molar-refractivity contribution in [3.8, 4) is 0 Å². The molecule has 564 valence electrons. The first-order valence-electron chi connectivity index (χ1n) is 38.7. The predicted octanol–water partition coefficient (Wildman–Crippen LogP) is 12.1. The van der Waals surface area contributed by atoms with E-state index in [-0.39, 0.29) is 18.9 Å². The zero-order chi connectivity index (χ0) is 70.4. The number of allylic oxidation sites excluding steroid dienone is 11. The van der Waals surface area contributed by atoms with Gasteiger partial charge in [0.25, 0.3) is 0 Å². The molecular weight excluding hydrogens is 1240 g/mol. The molecule has 1 amide bonds. The van der Waals surface area contributed by atoms with Crippen molar-refractivity contribution in [3.63, 3.8) is 0 Å². The van der Waals surface area contributed by atoms with Gasteiger partial charge < -0.3 is 89.9 Å². The Kier molecular flexibility index (Phi) is 53.5. The van der Waals surface area contributed by atoms with Crippen molar-refractivity contribution in [3.05, 3.63) is 72.9 Å². The summed E-state index contributed by atoms with van der Waals surface area (Å²) in [6, 6.07) is -1.00. The van der Waals surface area contributed by atoms with Gasteiger partial charge in [0, 0.05) is 6.42 Å². The van der Waals surface area contributed by atoms with Gasteiger partial charge in [-0.25, -0.2) is 0 Å². The normalized spacial score (nSPS) is 27.3. The minimum atomic E-state index is -1.99. The molecule has 0 saturated carbocycles. The molecule has 0 aromatic heterocycles. The lowest BCUT2D eigenvalue weighted by Gasteiger charge is -2.48.